The zero-order chi connectivity index (χ0) is 13.6. The first-order valence-electron chi connectivity index (χ1n) is 5.22. The molecule has 0 bridgehead atoms. The van der Waals surface area contributed by atoms with E-state index in [9.17, 15) is 9.36 Å². The monoisotopic (exact) mass is 265 g/mol. The molecule has 1 unspecified atom stereocenters. The number of nitrogens with zero attached hydrogens (tertiary/aromatic N) is 1. The van der Waals surface area contributed by atoms with Crippen LogP contribution < -0.4 is 0 Å². The van der Waals surface area contributed by atoms with Crippen LogP contribution >= 0.6 is 7.60 Å². The molecule has 2 N–H and O–H groups in total. The Morgan fingerprint density at radius 3 is 2.35 bits per heavy atom. The summed E-state index contributed by atoms with van der Waals surface area (Å²) in [5.74, 6) is -0.428. The molecule has 0 radical (unpaired) electrons. The molecule has 0 saturated carbocycles. The van der Waals surface area contributed by atoms with Crippen molar-refractivity contribution in [1.29, 1.82) is 0 Å². The Hall–Kier alpha value is -0.680. The standard InChI is InChI=1S/C10H20NO5P/c1-5-16-10(12)9(11(3)4)6-8(2)7-17(13,14)15/h6,9H,5,7H2,1-4H3,(H2,13,14,15)/b8-6+. The summed E-state index contributed by atoms with van der Waals surface area (Å²) in [5.41, 5.74) is 0.463. The van der Waals surface area contributed by atoms with E-state index in [1.165, 1.54) is 6.08 Å². The van der Waals surface area contributed by atoms with Crippen molar-refractivity contribution in [3.8, 4) is 0 Å². The summed E-state index contributed by atoms with van der Waals surface area (Å²) >= 11 is 0. The second-order valence-corrected chi connectivity index (χ2v) is 5.64. The van der Waals surface area contributed by atoms with Crippen molar-refractivity contribution in [1.82, 2.24) is 4.90 Å². The smallest absolute Gasteiger partial charge is 0.329 e. The van der Waals surface area contributed by atoms with E-state index < -0.39 is 19.6 Å². The number of likely N-dealkylation sites (N-methyl/N-ethyl adjacent to an activating group) is 1. The van der Waals surface area contributed by atoms with Gasteiger partial charge in [0.15, 0.2) is 0 Å². The number of allylic oxidation sites excluding steroid dienone is 1. The zero-order valence-corrected chi connectivity index (χ0v) is 11.5. The fourth-order valence-corrected chi connectivity index (χ4v) is 2.06. The highest BCUT2D eigenvalue weighted by Crippen LogP contribution is 2.36. The fraction of sp³-hybridized carbons (Fsp3) is 0.700. The molecule has 0 rings (SSSR count). The Kier molecular flexibility index (Phi) is 6.64. The second kappa shape index (κ2) is 6.91. The van der Waals surface area contributed by atoms with E-state index in [0.29, 0.717) is 5.57 Å². The lowest BCUT2D eigenvalue weighted by Gasteiger charge is -2.20. The fourth-order valence-electron chi connectivity index (χ4n) is 1.30. The zero-order valence-electron chi connectivity index (χ0n) is 10.6. The Morgan fingerprint density at radius 1 is 1.47 bits per heavy atom. The van der Waals surface area contributed by atoms with Gasteiger partial charge in [-0.15, -0.1) is 0 Å². The maximum absolute atomic E-state index is 11.6. The number of hydrogen-bond acceptors (Lipinski definition) is 4. The van der Waals surface area contributed by atoms with Crippen LogP contribution in [0.1, 0.15) is 13.8 Å². The quantitative estimate of drug-likeness (QED) is 0.415. The van der Waals surface area contributed by atoms with Gasteiger partial charge in [0, 0.05) is 0 Å². The molecule has 0 aliphatic heterocycles. The average Bonchev–Trinajstić information content (AvgIpc) is 2.11. The summed E-state index contributed by atoms with van der Waals surface area (Å²) in [7, 11) is -0.698. The summed E-state index contributed by atoms with van der Waals surface area (Å²) in [4.78, 5) is 30.9. The van der Waals surface area contributed by atoms with Crippen LogP contribution in [-0.2, 0) is 14.1 Å². The van der Waals surface area contributed by atoms with E-state index in [1.54, 1.807) is 32.8 Å². The topological polar surface area (TPSA) is 87.1 Å². The normalized spacial score (nSPS) is 14.9. The van der Waals surface area contributed by atoms with E-state index in [0.717, 1.165) is 0 Å². The molecule has 0 spiro atoms. The summed E-state index contributed by atoms with van der Waals surface area (Å²) < 4.78 is 15.7. The largest absolute Gasteiger partial charge is 0.465 e. The van der Waals surface area contributed by atoms with Crippen molar-refractivity contribution >= 4 is 13.6 Å². The van der Waals surface area contributed by atoms with Gasteiger partial charge in [-0.3, -0.25) is 14.3 Å². The number of esters is 1. The highest BCUT2D eigenvalue weighted by molar-refractivity contribution is 7.52. The van der Waals surface area contributed by atoms with Gasteiger partial charge in [-0.2, -0.15) is 0 Å². The maximum Gasteiger partial charge on any atom is 0.329 e. The van der Waals surface area contributed by atoms with E-state index in [4.69, 9.17) is 14.5 Å². The van der Waals surface area contributed by atoms with Gasteiger partial charge in [-0.05, 0) is 27.9 Å². The molecule has 0 amide bonds. The van der Waals surface area contributed by atoms with Crippen LogP contribution in [0.25, 0.3) is 0 Å². The molecular formula is C10H20NO5P. The van der Waals surface area contributed by atoms with Crippen LogP contribution in [-0.4, -0.2) is 53.6 Å². The van der Waals surface area contributed by atoms with Gasteiger partial charge in [0.25, 0.3) is 0 Å². The molecule has 0 fully saturated rings. The number of ether oxygens (including phenoxy) is 1. The van der Waals surface area contributed by atoms with Crippen LogP contribution in [0.5, 0.6) is 0 Å². The van der Waals surface area contributed by atoms with Gasteiger partial charge in [0.1, 0.15) is 6.04 Å². The molecule has 0 saturated heterocycles. The Bertz CT molecular complexity index is 334. The molecule has 17 heavy (non-hydrogen) atoms. The average molecular weight is 265 g/mol. The summed E-state index contributed by atoms with van der Waals surface area (Å²) in [5, 5.41) is 0. The maximum atomic E-state index is 11.6. The molecule has 0 aromatic carbocycles. The minimum atomic E-state index is -4.09. The van der Waals surface area contributed by atoms with Crippen LogP contribution in [0.4, 0.5) is 0 Å². The number of carbonyl (C=O) groups is 1. The van der Waals surface area contributed by atoms with Crippen LogP contribution in [0.2, 0.25) is 0 Å². The van der Waals surface area contributed by atoms with Crippen molar-refractivity contribution in [2.75, 3.05) is 26.9 Å². The summed E-state index contributed by atoms with van der Waals surface area (Å²) in [6.45, 7) is 3.56. The van der Waals surface area contributed by atoms with Gasteiger partial charge in [-0.25, -0.2) is 0 Å². The van der Waals surface area contributed by atoms with Gasteiger partial charge in [0.05, 0.1) is 12.8 Å². The van der Waals surface area contributed by atoms with Crippen LogP contribution in [0.3, 0.4) is 0 Å². The first kappa shape index (κ1) is 16.3. The Morgan fingerprint density at radius 2 is 2.00 bits per heavy atom. The third kappa shape index (κ3) is 7.28. The van der Waals surface area contributed by atoms with E-state index in [-0.39, 0.29) is 12.8 Å². The first-order chi connectivity index (χ1) is 7.67. The molecule has 7 heteroatoms. The van der Waals surface area contributed by atoms with Crippen LogP contribution in [0, 0.1) is 0 Å². The number of rotatable bonds is 6. The highest BCUT2D eigenvalue weighted by Gasteiger charge is 2.21. The predicted molar refractivity (Wildman–Crippen MR) is 64.8 cm³/mol. The Balaban J connectivity index is 4.80. The number of carbonyl (C=O) groups excluding carboxylic acids is 1. The molecule has 1 atom stereocenters. The van der Waals surface area contributed by atoms with Gasteiger partial charge in [0.2, 0.25) is 0 Å². The third-order valence-electron chi connectivity index (χ3n) is 1.98. The predicted octanol–water partition coefficient (Wildman–Crippen LogP) is 0.604. The molecule has 0 aromatic rings. The molecule has 6 nitrogen and oxygen atoms in total. The molecule has 0 heterocycles. The molecule has 0 aliphatic carbocycles. The van der Waals surface area contributed by atoms with E-state index >= 15 is 0 Å². The van der Waals surface area contributed by atoms with E-state index in [1.807, 2.05) is 0 Å². The Labute approximate surface area is 101 Å². The minimum absolute atomic E-state index is 0.272. The highest BCUT2D eigenvalue weighted by atomic mass is 31.2. The van der Waals surface area contributed by atoms with Crippen LogP contribution in [0.15, 0.2) is 11.6 Å². The van der Waals surface area contributed by atoms with E-state index in [2.05, 4.69) is 0 Å². The van der Waals surface area contributed by atoms with Crippen molar-refractivity contribution in [2.24, 2.45) is 0 Å². The molecule has 100 valence electrons. The lowest BCUT2D eigenvalue weighted by Crippen LogP contribution is -2.35. The summed E-state index contributed by atoms with van der Waals surface area (Å²) in [6, 6.07) is -0.624. The lowest BCUT2D eigenvalue weighted by atomic mass is 10.2. The van der Waals surface area contributed by atoms with Crippen molar-refractivity contribution in [3.05, 3.63) is 11.6 Å². The van der Waals surface area contributed by atoms with Crippen molar-refractivity contribution in [3.63, 3.8) is 0 Å². The lowest BCUT2D eigenvalue weighted by molar-refractivity contribution is -0.146. The van der Waals surface area contributed by atoms with Gasteiger partial charge < -0.3 is 14.5 Å². The molecule has 0 aromatic heterocycles. The first-order valence-corrected chi connectivity index (χ1v) is 7.02. The van der Waals surface area contributed by atoms with Gasteiger partial charge >= 0.3 is 13.6 Å². The molecular weight excluding hydrogens is 245 g/mol. The third-order valence-corrected chi connectivity index (χ3v) is 2.89. The molecule has 0 aliphatic rings. The number of hydrogen-bond donors (Lipinski definition) is 2. The second-order valence-electron chi connectivity index (χ2n) is 4.00. The SMILES string of the molecule is CCOC(=O)C(/C=C(\C)CP(=O)(O)O)N(C)C. The minimum Gasteiger partial charge on any atom is -0.465 e. The van der Waals surface area contributed by atoms with Crippen molar-refractivity contribution in [2.45, 2.75) is 19.9 Å². The summed E-state index contributed by atoms with van der Waals surface area (Å²) in [6.07, 6.45) is 1.16. The van der Waals surface area contributed by atoms with Crippen molar-refractivity contribution < 1.29 is 23.9 Å². The van der Waals surface area contributed by atoms with Gasteiger partial charge in [-0.1, -0.05) is 11.6 Å².